The molecule has 0 unspecified atom stereocenters. The summed E-state index contributed by atoms with van der Waals surface area (Å²) in [5, 5.41) is 17.6. The lowest BCUT2D eigenvalue weighted by Crippen LogP contribution is -2.49. The number of nitriles is 1. The van der Waals surface area contributed by atoms with Crippen molar-refractivity contribution in [3.05, 3.63) is 169 Å². The maximum absolute atomic E-state index is 10.5. The Kier molecular flexibility index (Phi) is 7.23. The third-order valence-corrected chi connectivity index (χ3v) is 15.0. The molecule has 0 amide bonds. The highest BCUT2D eigenvalue weighted by atomic mass is 15.2. The van der Waals surface area contributed by atoms with Crippen LogP contribution < -0.4 is 0 Å². The van der Waals surface area contributed by atoms with Gasteiger partial charge in [-0.05, 0) is 123 Å². The number of para-hydroxylation sites is 5. The first-order valence-corrected chi connectivity index (χ1v) is 22.4. The second-order valence-electron chi connectivity index (χ2n) is 18.6. The van der Waals surface area contributed by atoms with Crippen LogP contribution in [0.3, 0.4) is 0 Å². The molecular weight excluding hydrogens is 771 g/mol. The van der Waals surface area contributed by atoms with E-state index in [1.807, 2.05) is 12.1 Å². The van der Waals surface area contributed by atoms with E-state index >= 15 is 0 Å². The molecule has 7 heteroatoms. The van der Waals surface area contributed by atoms with E-state index < -0.39 is 0 Å². The summed E-state index contributed by atoms with van der Waals surface area (Å²) in [6.45, 7) is 0. The first kappa shape index (κ1) is 35.1. The zero-order valence-electron chi connectivity index (χ0n) is 34.6. The van der Waals surface area contributed by atoms with Gasteiger partial charge in [0.1, 0.15) is 5.82 Å². The quantitative estimate of drug-likeness (QED) is 0.173. The largest absolute Gasteiger partial charge is 0.309 e. The van der Waals surface area contributed by atoms with Crippen molar-refractivity contribution in [2.45, 2.75) is 43.9 Å². The van der Waals surface area contributed by atoms with Gasteiger partial charge in [0.15, 0.2) is 5.82 Å². The molecule has 0 atom stereocenters. The Hall–Kier alpha value is -7.56. The van der Waals surface area contributed by atoms with Crippen molar-refractivity contribution >= 4 is 65.4 Å². The first-order chi connectivity index (χ1) is 31.1. The van der Waals surface area contributed by atoms with E-state index in [9.17, 15) is 5.26 Å². The van der Waals surface area contributed by atoms with Crippen molar-refractivity contribution in [3.63, 3.8) is 0 Å². The van der Waals surface area contributed by atoms with E-state index in [-0.39, 0.29) is 5.41 Å². The molecule has 0 spiro atoms. The molecule has 4 aromatic heterocycles. The van der Waals surface area contributed by atoms with Crippen LogP contribution in [0.5, 0.6) is 0 Å². The summed E-state index contributed by atoms with van der Waals surface area (Å²) in [4.78, 5) is 16.7. The monoisotopic (exact) mass is 811 g/mol. The molecule has 0 N–H and O–H groups in total. The van der Waals surface area contributed by atoms with E-state index in [0.717, 1.165) is 92.6 Å². The molecule has 4 aliphatic carbocycles. The van der Waals surface area contributed by atoms with E-state index in [4.69, 9.17) is 15.0 Å². The highest BCUT2D eigenvalue weighted by Crippen LogP contribution is 2.60. The van der Waals surface area contributed by atoms with Gasteiger partial charge in [0.25, 0.3) is 0 Å². The Balaban J connectivity index is 1.03. The predicted molar refractivity (Wildman–Crippen MR) is 253 cm³/mol. The Labute approximate surface area is 363 Å². The van der Waals surface area contributed by atoms with Crippen LogP contribution in [-0.4, -0.2) is 28.7 Å². The summed E-state index contributed by atoms with van der Waals surface area (Å²) in [5.74, 6) is 4.30. The maximum Gasteiger partial charge on any atom is 0.238 e. The summed E-state index contributed by atoms with van der Waals surface area (Å²) in [5.41, 5.74) is 9.98. The molecule has 0 radical (unpaired) electrons. The van der Waals surface area contributed by atoms with Crippen molar-refractivity contribution in [2.75, 3.05) is 0 Å². The molecule has 0 saturated heterocycles. The van der Waals surface area contributed by atoms with Crippen LogP contribution in [0.25, 0.3) is 94.1 Å². The topological polar surface area (TPSA) is 77.2 Å². The Bertz CT molecular complexity index is 3620. The number of nitrogens with zero attached hydrogens (tertiary/aromatic N) is 7. The molecule has 4 heterocycles. The van der Waals surface area contributed by atoms with Crippen molar-refractivity contribution in [2.24, 2.45) is 17.8 Å². The van der Waals surface area contributed by atoms with Gasteiger partial charge in [-0.1, -0.05) is 91.0 Å². The lowest BCUT2D eigenvalue weighted by molar-refractivity contribution is -0.00944. The summed E-state index contributed by atoms with van der Waals surface area (Å²) < 4.78 is 6.98. The number of rotatable bonds is 5. The fraction of sp³-hybridized carbons (Fsp3) is 0.179. The van der Waals surface area contributed by atoms with Gasteiger partial charge < -0.3 is 9.13 Å². The summed E-state index contributed by atoms with van der Waals surface area (Å²) >= 11 is 0. The number of fused-ring (bicyclic) bond motifs is 9. The Morgan fingerprint density at radius 2 is 0.937 bits per heavy atom. The maximum atomic E-state index is 10.5. The number of hydrogen-bond acceptors (Lipinski definition) is 4. The van der Waals surface area contributed by atoms with Crippen molar-refractivity contribution in [1.82, 2.24) is 28.7 Å². The van der Waals surface area contributed by atoms with Crippen LogP contribution in [0.1, 0.15) is 49.9 Å². The van der Waals surface area contributed by atoms with Crippen LogP contribution in [0.2, 0.25) is 0 Å². The van der Waals surface area contributed by atoms with Gasteiger partial charge in [-0.2, -0.15) is 15.2 Å². The highest BCUT2D eigenvalue weighted by molar-refractivity contribution is 6.13. The normalized spacial score (nSPS) is 20.5. The van der Waals surface area contributed by atoms with Crippen molar-refractivity contribution in [1.29, 1.82) is 5.26 Å². The second-order valence-corrected chi connectivity index (χ2v) is 18.6. The minimum atomic E-state index is -0.0942. The molecule has 7 aromatic carbocycles. The molecule has 63 heavy (non-hydrogen) atoms. The van der Waals surface area contributed by atoms with E-state index in [1.54, 1.807) is 0 Å². The molecule has 4 bridgehead atoms. The predicted octanol–water partition coefficient (Wildman–Crippen LogP) is 13.2. The van der Waals surface area contributed by atoms with Crippen LogP contribution in [0, 0.1) is 29.1 Å². The van der Waals surface area contributed by atoms with E-state index in [0.29, 0.717) is 17.3 Å². The fourth-order valence-electron chi connectivity index (χ4n) is 12.9. The van der Waals surface area contributed by atoms with Gasteiger partial charge in [0, 0.05) is 49.0 Å². The van der Waals surface area contributed by atoms with Crippen LogP contribution in [-0.2, 0) is 5.41 Å². The number of aromatic nitrogens is 6. The molecule has 4 aliphatic rings. The second kappa shape index (κ2) is 13.0. The lowest BCUT2D eigenvalue weighted by atomic mass is 9.49. The van der Waals surface area contributed by atoms with Crippen LogP contribution in [0.4, 0.5) is 0 Å². The third-order valence-electron chi connectivity index (χ3n) is 15.0. The molecule has 0 aliphatic heterocycles. The lowest BCUT2D eigenvalue weighted by Gasteiger charge is -2.55. The third kappa shape index (κ3) is 5.03. The molecule has 300 valence electrons. The summed E-state index contributed by atoms with van der Waals surface area (Å²) in [6.07, 6.45) is 7.37. The molecule has 7 nitrogen and oxygen atoms in total. The molecule has 4 saturated carbocycles. The molecular formula is C56H41N7. The highest BCUT2D eigenvalue weighted by Gasteiger charge is 2.53. The Morgan fingerprint density at radius 1 is 0.460 bits per heavy atom. The molecule has 4 fully saturated rings. The van der Waals surface area contributed by atoms with Gasteiger partial charge in [0.05, 0.1) is 50.4 Å². The zero-order valence-corrected chi connectivity index (χ0v) is 34.6. The first-order valence-electron chi connectivity index (χ1n) is 22.4. The van der Waals surface area contributed by atoms with Crippen molar-refractivity contribution < 1.29 is 0 Å². The smallest absolute Gasteiger partial charge is 0.238 e. The van der Waals surface area contributed by atoms with Crippen LogP contribution >= 0.6 is 0 Å². The average Bonchev–Trinajstić information content (AvgIpc) is 3.96. The summed E-state index contributed by atoms with van der Waals surface area (Å²) in [6, 6.07) is 58.5. The fourth-order valence-corrected chi connectivity index (χ4v) is 12.9. The zero-order chi connectivity index (χ0) is 41.4. The van der Waals surface area contributed by atoms with Crippen LogP contribution in [0.15, 0.2) is 158 Å². The van der Waals surface area contributed by atoms with Crippen molar-refractivity contribution in [3.8, 4) is 34.8 Å². The van der Waals surface area contributed by atoms with Gasteiger partial charge in [-0.15, -0.1) is 0 Å². The minimum Gasteiger partial charge on any atom is -0.309 e. The standard InChI is InChI=1S/C56H41N7/c57-33-34-21-23-52(62-48-18-8-5-15-43(48)44-29-38(22-24-51(44)62)61-46-16-6-1-11-39(46)40-12-2-7-17-47(40)61)45(28-34)53-58-54(56-30-35-25-36(31-56)27-37(26-35)32-56)60-55(59-53)63-49-19-9-3-13-41(49)42-14-4-10-20-50(42)63/h1-24,28-29,35-37H,25-27,30-32H2. The molecule has 15 rings (SSSR count). The molecule has 11 aromatic rings. The SMILES string of the molecule is N#Cc1ccc(-n2c3ccccc3c3cc(-n4c5ccccc5c5ccccc54)ccc32)c(-c2nc(-n3c4ccccc4c4ccccc43)nc(C34CC5CC(CC(C5)C3)C4)n2)c1. The van der Waals surface area contributed by atoms with E-state index in [2.05, 4.69) is 165 Å². The Morgan fingerprint density at radius 3 is 1.48 bits per heavy atom. The number of benzene rings is 7. The number of hydrogen-bond donors (Lipinski definition) is 0. The van der Waals surface area contributed by atoms with Gasteiger partial charge in [0.2, 0.25) is 5.95 Å². The van der Waals surface area contributed by atoms with E-state index in [1.165, 1.54) is 51.8 Å². The average molecular weight is 812 g/mol. The van der Waals surface area contributed by atoms with Gasteiger partial charge in [-0.25, -0.2) is 4.98 Å². The van der Waals surface area contributed by atoms with Gasteiger partial charge in [-0.3, -0.25) is 4.57 Å². The van der Waals surface area contributed by atoms with Gasteiger partial charge >= 0.3 is 0 Å². The minimum absolute atomic E-state index is 0.0942. The summed E-state index contributed by atoms with van der Waals surface area (Å²) in [7, 11) is 0.